The summed E-state index contributed by atoms with van der Waals surface area (Å²) in [4.78, 5) is 12.7. The quantitative estimate of drug-likeness (QED) is 0.843. The molecule has 2 aliphatic rings. The number of rotatable bonds is 4. The average molecular weight is 385 g/mol. The average Bonchev–Trinajstić information content (AvgIpc) is 3.28. The van der Waals surface area contributed by atoms with Crippen LogP contribution in [0.4, 0.5) is 5.69 Å². The summed E-state index contributed by atoms with van der Waals surface area (Å²) in [5.41, 5.74) is 2.11. The van der Waals surface area contributed by atoms with Crippen LogP contribution in [-0.4, -0.2) is 39.5 Å². The number of carbonyl (C=O) groups is 1. The number of hydrogen-bond donors (Lipinski definition) is 2. The van der Waals surface area contributed by atoms with E-state index < -0.39 is 10.0 Å². The van der Waals surface area contributed by atoms with Crippen LogP contribution in [0.5, 0.6) is 0 Å². The summed E-state index contributed by atoms with van der Waals surface area (Å²) in [5, 5.41) is 6.16. The van der Waals surface area contributed by atoms with Crippen LogP contribution in [0.25, 0.3) is 0 Å². The number of nitrogens with zero attached hydrogens (tertiary/aromatic N) is 1. The highest BCUT2D eigenvalue weighted by Crippen LogP contribution is 2.36. The predicted molar refractivity (Wildman–Crippen MR) is 104 cm³/mol. The number of amides is 1. The van der Waals surface area contributed by atoms with Crippen molar-refractivity contribution >= 4 is 21.6 Å². The van der Waals surface area contributed by atoms with Gasteiger partial charge >= 0.3 is 0 Å². The van der Waals surface area contributed by atoms with Gasteiger partial charge in [-0.15, -0.1) is 0 Å². The van der Waals surface area contributed by atoms with Gasteiger partial charge in [-0.2, -0.15) is 0 Å². The van der Waals surface area contributed by atoms with E-state index in [1.54, 1.807) is 18.2 Å². The van der Waals surface area contributed by atoms with Gasteiger partial charge in [-0.1, -0.05) is 24.3 Å². The summed E-state index contributed by atoms with van der Waals surface area (Å²) >= 11 is 0. The Morgan fingerprint density at radius 1 is 1.19 bits per heavy atom. The van der Waals surface area contributed by atoms with Gasteiger partial charge in [0.25, 0.3) is 15.9 Å². The van der Waals surface area contributed by atoms with Gasteiger partial charge in [-0.25, -0.2) is 8.42 Å². The molecule has 2 N–H and O–H groups in total. The normalized spacial score (nSPS) is 21.9. The SMILES string of the molecule is CC1Cc2ccccc2N1S(=O)(=O)c1cccc(C(=O)NC2CCNC2)c1. The smallest absolute Gasteiger partial charge is 0.264 e. The maximum absolute atomic E-state index is 13.3. The first-order valence-electron chi connectivity index (χ1n) is 9.21. The van der Waals surface area contributed by atoms with Gasteiger partial charge < -0.3 is 10.6 Å². The molecule has 2 atom stereocenters. The Morgan fingerprint density at radius 2 is 2.00 bits per heavy atom. The van der Waals surface area contributed by atoms with Gasteiger partial charge in [-0.05, 0) is 56.1 Å². The third kappa shape index (κ3) is 3.33. The lowest BCUT2D eigenvalue weighted by molar-refractivity contribution is 0.0940. The standard InChI is InChI=1S/C20H23N3O3S/c1-14-11-15-5-2-3-8-19(15)23(14)27(25,26)18-7-4-6-16(12-18)20(24)22-17-9-10-21-13-17/h2-8,12,14,17,21H,9-11,13H2,1H3,(H,22,24). The largest absolute Gasteiger partial charge is 0.348 e. The summed E-state index contributed by atoms with van der Waals surface area (Å²) in [7, 11) is -3.74. The van der Waals surface area contributed by atoms with Crippen molar-refractivity contribution in [2.45, 2.75) is 36.7 Å². The lowest BCUT2D eigenvalue weighted by atomic mass is 10.1. The van der Waals surface area contributed by atoms with Crippen LogP contribution in [0.15, 0.2) is 53.4 Å². The molecule has 2 heterocycles. The molecule has 0 bridgehead atoms. The molecule has 1 amide bonds. The molecular formula is C20H23N3O3S. The van der Waals surface area contributed by atoms with Crippen LogP contribution in [0.1, 0.15) is 29.3 Å². The van der Waals surface area contributed by atoms with Crippen LogP contribution in [0.2, 0.25) is 0 Å². The Bertz CT molecular complexity index is 968. The summed E-state index contributed by atoms with van der Waals surface area (Å²) in [6.45, 7) is 3.53. The van der Waals surface area contributed by atoms with Gasteiger partial charge in [-0.3, -0.25) is 9.10 Å². The van der Waals surface area contributed by atoms with E-state index in [0.717, 1.165) is 30.8 Å². The van der Waals surface area contributed by atoms with Gasteiger partial charge in [0.05, 0.1) is 10.6 Å². The fraction of sp³-hybridized carbons (Fsp3) is 0.350. The fourth-order valence-electron chi connectivity index (χ4n) is 3.86. The lowest BCUT2D eigenvalue weighted by Gasteiger charge is -2.24. The van der Waals surface area contributed by atoms with Crippen molar-refractivity contribution in [3.63, 3.8) is 0 Å². The zero-order valence-corrected chi connectivity index (χ0v) is 16.0. The molecule has 2 aromatic carbocycles. The molecule has 0 aliphatic carbocycles. The summed E-state index contributed by atoms with van der Waals surface area (Å²) < 4.78 is 28.1. The minimum Gasteiger partial charge on any atom is -0.348 e. The molecule has 2 aliphatic heterocycles. The topological polar surface area (TPSA) is 78.5 Å². The second-order valence-corrected chi connectivity index (χ2v) is 8.99. The van der Waals surface area contributed by atoms with Gasteiger partial charge in [0.1, 0.15) is 0 Å². The number of hydrogen-bond acceptors (Lipinski definition) is 4. The Balaban J connectivity index is 1.64. The van der Waals surface area contributed by atoms with Crippen molar-refractivity contribution in [3.8, 4) is 0 Å². The molecule has 1 fully saturated rings. The highest BCUT2D eigenvalue weighted by atomic mass is 32.2. The van der Waals surface area contributed by atoms with E-state index >= 15 is 0 Å². The third-order valence-corrected chi connectivity index (χ3v) is 7.12. The van der Waals surface area contributed by atoms with Crippen LogP contribution in [0.3, 0.4) is 0 Å². The zero-order valence-electron chi connectivity index (χ0n) is 15.2. The van der Waals surface area contributed by atoms with E-state index in [1.165, 1.54) is 10.4 Å². The predicted octanol–water partition coefficient (Wildman–Crippen LogP) is 1.92. The maximum atomic E-state index is 13.3. The fourth-order valence-corrected chi connectivity index (χ4v) is 5.60. The summed E-state index contributed by atoms with van der Waals surface area (Å²) in [6.07, 6.45) is 1.57. The van der Waals surface area contributed by atoms with Crippen LogP contribution in [-0.2, 0) is 16.4 Å². The minimum atomic E-state index is -3.74. The summed E-state index contributed by atoms with van der Waals surface area (Å²) in [6, 6.07) is 13.8. The van der Waals surface area contributed by atoms with E-state index in [2.05, 4.69) is 10.6 Å². The van der Waals surface area contributed by atoms with Gasteiger partial charge in [0.15, 0.2) is 0 Å². The van der Waals surface area contributed by atoms with Crippen molar-refractivity contribution in [2.75, 3.05) is 17.4 Å². The first-order valence-corrected chi connectivity index (χ1v) is 10.6. The molecular weight excluding hydrogens is 362 g/mol. The molecule has 0 spiro atoms. The lowest BCUT2D eigenvalue weighted by Crippen LogP contribution is -2.37. The number of sulfonamides is 1. The molecule has 0 aromatic heterocycles. The Kier molecular flexibility index (Phi) is 4.65. The van der Waals surface area contributed by atoms with Crippen molar-refractivity contribution < 1.29 is 13.2 Å². The third-order valence-electron chi connectivity index (χ3n) is 5.19. The molecule has 27 heavy (non-hydrogen) atoms. The molecule has 2 aromatic rings. The second-order valence-electron chi connectivity index (χ2n) is 7.17. The number of para-hydroxylation sites is 1. The number of fused-ring (bicyclic) bond motifs is 1. The first kappa shape index (κ1) is 18.0. The van der Waals surface area contributed by atoms with Crippen LogP contribution >= 0.6 is 0 Å². The Hall–Kier alpha value is -2.38. The number of nitrogens with one attached hydrogen (secondary N) is 2. The van der Waals surface area contributed by atoms with Crippen molar-refractivity contribution in [1.82, 2.24) is 10.6 Å². The Morgan fingerprint density at radius 3 is 2.78 bits per heavy atom. The Labute approximate surface area is 159 Å². The van der Waals surface area contributed by atoms with E-state index in [1.807, 2.05) is 31.2 Å². The maximum Gasteiger partial charge on any atom is 0.264 e. The van der Waals surface area contributed by atoms with Gasteiger partial charge in [0, 0.05) is 24.2 Å². The van der Waals surface area contributed by atoms with E-state index in [9.17, 15) is 13.2 Å². The molecule has 6 nitrogen and oxygen atoms in total. The molecule has 1 saturated heterocycles. The van der Waals surface area contributed by atoms with Crippen molar-refractivity contribution in [2.24, 2.45) is 0 Å². The monoisotopic (exact) mass is 385 g/mol. The molecule has 0 saturated carbocycles. The van der Waals surface area contributed by atoms with E-state index in [4.69, 9.17) is 0 Å². The van der Waals surface area contributed by atoms with E-state index in [0.29, 0.717) is 12.0 Å². The summed E-state index contributed by atoms with van der Waals surface area (Å²) in [5.74, 6) is -0.240. The van der Waals surface area contributed by atoms with Crippen LogP contribution in [0, 0.1) is 0 Å². The molecule has 0 radical (unpaired) electrons. The highest BCUT2D eigenvalue weighted by molar-refractivity contribution is 7.92. The van der Waals surface area contributed by atoms with E-state index in [-0.39, 0.29) is 22.9 Å². The number of benzene rings is 2. The van der Waals surface area contributed by atoms with Gasteiger partial charge in [0.2, 0.25) is 0 Å². The molecule has 142 valence electrons. The molecule has 4 rings (SSSR count). The number of carbonyl (C=O) groups excluding carboxylic acids is 1. The van der Waals surface area contributed by atoms with Crippen molar-refractivity contribution in [1.29, 1.82) is 0 Å². The first-order chi connectivity index (χ1) is 13.0. The molecule has 2 unspecified atom stereocenters. The second kappa shape index (κ2) is 6.98. The zero-order chi connectivity index (χ0) is 19.0. The van der Waals surface area contributed by atoms with Crippen LogP contribution < -0.4 is 14.9 Å². The molecule has 7 heteroatoms. The highest BCUT2D eigenvalue weighted by Gasteiger charge is 2.36. The minimum absolute atomic E-state index is 0.0863. The van der Waals surface area contributed by atoms with Crippen molar-refractivity contribution in [3.05, 3.63) is 59.7 Å². The number of anilines is 1.